The zero-order chi connectivity index (χ0) is 13.7. The Hall–Kier alpha value is -2.09. The van der Waals surface area contributed by atoms with Crippen molar-refractivity contribution in [1.82, 2.24) is 10.2 Å². The molecule has 2 N–H and O–H groups in total. The number of aliphatic carboxylic acids is 1. The molecule has 0 aromatic carbocycles. The first-order valence-corrected chi connectivity index (χ1v) is 5.63. The Bertz CT molecular complexity index is 457. The van der Waals surface area contributed by atoms with Gasteiger partial charge in [-0.05, 0) is 11.8 Å². The van der Waals surface area contributed by atoms with E-state index in [2.05, 4.69) is 11.9 Å². The molecule has 0 spiro atoms. The molecule has 0 bridgehead atoms. The zero-order valence-corrected chi connectivity index (χ0v) is 10.0. The SMILES string of the molecule is C=CCNC(=O)CN1C(=O)S/C(=C/C(=O)O)C1=O. The summed E-state index contributed by atoms with van der Waals surface area (Å²) in [6.45, 7) is 3.19. The second-order valence-electron chi connectivity index (χ2n) is 3.20. The molecule has 1 fully saturated rings. The highest BCUT2D eigenvalue weighted by molar-refractivity contribution is 8.18. The van der Waals surface area contributed by atoms with Gasteiger partial charge in [-0.2, -0.15) is 0 Å². The first kappa shape index (κ1) is 14.0. The Kier molecular flexibility index (Phi) is 4.67. The average molecular weight is 270 g/mol. The highest BCUT2D eigenvalue weighted by Gasteiger charge is 2.36. The van der Waals surface area contributed by atoms with Crippen LogP contribution in [-0.4, -0.2) is 46.1 Å². The fourth-order valence-corrected chi connectivity index (χ4v) is 1.94. The van der Waals surface area contributed by atoms with Crippen molar-refractivity contribution in [2.24, 2.45) is 0 Å². The van der Waals surface area contributed by atoms with Crippen molar-refractivity contribution in [2.75, 3.05) is 13.1 Å². The molecule has 0 saturated carbocycles. The summed E-state index contributed by atoms with van der Waals surface area (Å²) in [5, 5.41) is 10.2. The number of nitrogens with one attached hydrogen (secondary N) is 1. The third-order valence-corrected chi connectivity index (χ3v) is 2.78. The topological polar surface area (TPSA) is 104 Å². The van der Waals surface area contributed by atoms with E-state index in [1.165, 1.54) is 6.08 Å². The molecule has 8 heteroatoms. The van der Waals surface area contributed by atoms with Crippen molar-refractivity contribution in [1.29, 1.82) is 0 Å². The fraction of sp³-hybridized carbons (Fsp3) is 0.200. The third-order valence-electron chi connectivity index (χ3n) is 1.87. The zero-order valence-electron chi connectivity index (χ0n) is 9.21. The predicted molar refractivity (Wildman–Crippen MR) is 63.6 cm³/mol. The minimum atomic E-state index is -1.32. The van der Waals surface area contributed by atoms with Gasteiger partial charge in [-0.1, -0.05) is 6.08 Å². The standard InChI is InChI=1S/C10H10N2O5S/c1-2-3-11-7(13)5-12-9(16)6(4-8(14)15)18-10(12)17/h2,4H,1,3,5H2,(H,11,13)(H,14,15)/b6-4+. The lowest BCUT2D eigenvalue weighted by atomic mass is 10.4. The average Bonchev–Trinajstić information content (AvgIpc) is 2.53. The summed E-state index contributed by atoms with van der Waals surface area (Å²) in [7, 11) is 0. The quantitative estimate of drug-likeness (QED) is 0.536. The minimum absolute atomic E-state index is 0.205. The van der Waals surface area contributed by atoms with Gasteiger partial charge in [0.15, 0.2) is 0 Å². The summed E-state index contributed by atoms with van der Waals surface area (Å²) >= 11 is 0.493. The molecule has 1 saturated heterocycles. The largest absolute Gasteiger partial charge is 0.478 e. The predicted octanol–water partition coefficient (Wildman–Crippen LogP) is -0.0475. The molecule has 3 amide bonds. The van der Waals surface area contributed by atoms with Gasteiger partial charge in [0.25, 0.3) is 11.1 Å². The van der Waals surface area contributed by atoms with Gasteiger partial charge in [0, 0.05) is 12.6 Å². The van der Waals surface area contributed by atoms with E-state index < -0.39 is 29.6 Å². The van der Waals surface area contributed by atoms with Crippen molar-refractivity contribution < 1.29 is 24.3 Å². The van der Waals surface area contributed by atoms with Gasteiger partial charge in [0.2, 0.25) is 5.91 Å². The van der Waals surface area contributed by atoms with Crippen molar-refractivity contribution in [3.8, 4) is 0 Å². The van der Waals surface area contributed by atoms with E-state index in [9.17, 15) is 19.2 Å². The van der Waals surface area contributed by atoms with Crippen LogP contribution in [0.25, 0.3) is 0 Å². The number of hydrogen-bond donors (Lipinski definition) is 2. The number of carbonyl (C=O) groups excluding carboxylic acids is 3. The minimum Gasteiger partial charge on any atom is -0.478 e. The van der Waals surface area contributed by atoms with Crippen LogP contribution < -0.4 is 5.32 Å². The van der Waals surface area contributed by atoms with E-state index in [1.807, 2.05) is 0 Å². The van der Waals surface area contributed by atoms with Gasteiger partial charge in [-0.15, -0.1) is 6.58 Å². The smallest absolute Gasteiger partial charge is 0.329 e. The molecular weight excluding hydrogens is 260 g/mol. The highest BCUT2D eigenvalue weighted by atomic mass is 32.2. The number of hydrogen-bond acceptors (Lipinski definition) is 5. The Balaban J connectivity index is 2.70. The summed E-state index contributed by atoms with van der Waals surface area (Å²) in [4.78, 5) is 45.3. The van der Waals surface area contributed by atoms with Gasteiger partial charge >= 0.3 is 5.97 Å². The molecular formula is C10H10N2O5S. The van der Waals surface area contributed by atoms with Crippen LogP contribution in [0, 0.1) is 0 Å². The van der Waals surface area contributed by atoms with Crippen LogP contribution in [0.4, 0.5) is 4.79 Å². The second kappa shape index (κ2) is 6.01. The Morgan fingerprint density at radius 2 is 2.11 bits per heavy atom. The van der Waals surface area contributed by atoms with E-state index >= 15 is 0 Å². The van der Waals surface area contributed by atoms with E-state index in [0.29, 0.717) is 22.7 Å². The molecule has 1 rings (SSSR count). The Morgan fingerprint density at radius 3 is 2.67 bits per heavy atom. The van der Waals surface area contributed by atoms with Gasteiger partial charge < -0.3 is 10.4 Å². The van der Waals surface area contributed by atoms with Gasteiger partial charge in [-0.25, -0.2) is 4.79 Å². The number of thioether (sulfide) groups is 1. The number of imide groups is 1. The maximum Gasteiger partial charge on any atom is 0.329 e. The maximum atomic E-state index is 11.6. The van der Waals surface area contributed by atoms with Crippen LogP contribution in [0.1, 0.15) is 0 Å². The Morgan fingerprint density at radius 1 is 1.44 bits per heavy atom. The number of carboxylic acids is 1. The molecule has 7 nitrogen and oxygen atoms in total. The first-order chi connectivity index (χ1) is 8.45. The summed E-state index contributed by atoms with van der Waals surface area (Å²) in [5.41, 5.74) is 0. The molecule has 0 atom stereocenters. The molecule has 0 unspecified atom stereocenters. The highest BCUT2D eigenvalue weighted by Crippen LogP contribution is 2.29. The summed E-state index contributed by atoms with van der Waals surface area (Å²) < 4.78 is 0. The molecule has 96 valence electrons. The number of carbonyl (C=O) groups is 4. The van der Waals surface area contributed by atoms with Crippen molar-refractivity contribution in [2.45, 2.75) is 0 Å². The van der Waals surface area contributed by atoms with E-state index in [1.54, 1.807) is 0 Å². The van der Waals surface area contributed by atoms with Crippen molar-refractivity contribution in [3.63, 3.8) is 0 Å². The normalized spacial score (nSPS) is 17.1. The first-order valence-electron chi connectivity index (χ1n) is 4.81. The van der Waals surface area contributed by atoms with Crippen molar-refractivity contribution in [3.05, 3.63) is 23.6 Å². The fourth-order valence-electron chi connectivity index (χ4n) is 1.13. The summed E-state index contributed by atoms with van der Waals surface area (Å²) in [6, 6.07) is 0. The molecule has 0 aromatic heterocycles. The Labute approximate surface area is 107 Å². The molecule has 0 aliphatic carbocycles. The molecule has 0 radical (unpaired) electrons. The number of nitrogens with zero attached hydrogens (tertiary/aromatic N) is 1. The number of rotatable bonds is 5. The van der Waals surface area contributed by atoms with Crippen LogP contribution >= 0.6 is 11.8 Å². The van der Waals surface area contributed by atoms with E-state index in [0.717, 1.165) is 0 Å². The maximum absolute atomic E-state index is 11.6. The lowest BCUT2D eigenvalue weighted by Crippen LogP contribution is -2.39. The van der Waals surface area contributed by atoms with Gasteiger partial charge in [0.1, 0.15) is 6.54 Å². The third kappa shape index (κ3) is 3.45. The van der Waals surface area contributed by atoms with Crippen LogP contribution in [0.15, 0.2) is 23.6 Å². The summed E-state index contributed by atoms with van der Waals surface area (Å²) in [5.74, 6) is -2.62. The molecule has 1 aliphatic heterocycles. The summed E-state index contributed by atoms with van der Waals surface area (Å²) in [6.07, 6.45) is 2.10. The monoisotopic (exact) mass is 270 g/mol. The molecule has 0 aromatic rings. The van der Waals surface area contributed by atoms with E-state index in [-0.39, 0.29) is 11.4 Å². The lowest BCUT2D eigenvalue weighted by molar-refractivity contribution is -0.132. The molecule has 1 aliphatic rings. The van der Waals surface area contributed by atoms with Crippen LogP contribution in [0.3, 0.4) is 0 Å². The van der Waals surface area contributed by atoms with Crippen LogP contribution in [0.2, 0.25) is 0 Å². The number of amides is 3. The number of carboxylic acid groups (broad SMARTS) is 1. The molecule has 1 heterocycles. The molecule has 18 heavy (non-hydrogen) atoms. The van der Waals surface area contributed by atoms with Crippen molar-refractivity contribution >= 4 is 34.8 Å². The van der Waals surface area contributed by atoms with Gasteiger partial charge in [0.05, 0.1) is 4.91 Å². The van der Waals surface area contributed by atoms with E-state index in [4.69, 9.17) is 5.11 Å². The van der Waals surface area contributed by atoms with Crippen LogP contribution in [-0.2, 0) is 14.4 Å². The van der Waals surface area contributed by atoms with Crippen LogP contribution in [0.5, 0.6) is 0 Å². The lowest BCUT2D eigenvalue weighted by Gasteiger charge is -2.11. The second-order valence-corrected chi connectivity index (χ2v) is 4.19. The van der Waals surface area contributed by atoms with Gasteiger partial charge in [-0.3, -0.25) is 19.3 Å².